The van der Waals surface area contributed by atoms with Gasteiger partial charge in [-0.2, -0.15) is 0 Å². The maximum Gasteiger partial charge on any atom is 0.0793 e. The molecule has 2 bridgehead atoms. The molecule has 0 radical (unpaired) electrons. The van der Waals surface area contributed by atoms with E-state index in [-0.39, 0.29) is 6.10 Å². The second kappa shape index (κ2) is 5.15. The van der Waals surface area contributed by atoms with Gasteiger partial charge in [0.05, 0.1) is 11.1 Å². The molecule has 98 valence electrons. The van der Waals surface area contributed by atoms with Crippen LogP contribution in [-0.2, 0) is 0 Å². The fourth-order valence-corrected chi connectivity index (χ4v) is 4.32. The van der Waals surface area contributed by atoms with Crippen LogP contribution < -0.4 is 0 Å². The highest BCUT2D eigenvalue weighted by Crippen LogP contribution is 2.51. The molecule has 1 aromatic rings. The van der Waals surface area contributed by atoms with Crippen molar-refractivity contribution in [2.45, 2.75) is 38.2 Å². The summed E-state index contributed by atoms with van der Waals surface area (Å²) in [6.07, 6.45) is 6.10. The highest BCUT2D eigenvalue weighted by Gasteiger charge is 2.40. The van der Waals surface area contributed by atoms with Gasteiger partial charge in [-0.05, 0) is 77.1 Å². The van der Waals surface area contributed by atoms with Crippen molar-refractivity contribution in [1.29, 1.82) is 0 Å². The molecule has 2 fully saturated rings. The van der Waals surface area contributed by atoms with Crippen LogP contribution >= 0.6 is 27.5 Å². The van der Waals surface area contributed by atoms with Crippen LogP contribution in [0.3, 0.4) is 0 Å². The lowest BCUT2D eigenvalue weighted by Crippen LogP contribution is -2.14. The summed E-state index contributed by atoms with van der Waals surface area (Å²) in [7, 11) is 0. The van der Waals surface area contributed by atoms with Crippen molar-refractivity contribution in [3.8, 4) is 0 Å². The lowest BCUT2D eigenvalue weighted by atomic mass is 9.83. The molecule has 3 rings (SSSR count). The molecular formula is C15H18BrClO. The number of aliphatic hydroxyl groups excluding tert-OH is 1. The summed E-state index contributed by atoms with van der Waals surface area (Å²) >= 11 is 9.40. The third-order valence-corrected chi connectivity index (χ3v) is 5.95. The molecule has 1 nitrogen and oxygen atoms in total. The summed E-state index contributed by atoms with van der Waals surface area (Å²) in [5.41, 5.74) is 0.981. The van der Waals surface area contributed by atoms with E-state index in [1.807, 2.05) is 18.2 Å². The average molecular weight is 330 g/mol. The van der Waals surface area contributed by atoms with Crippen LogP contribution in [0.2, 0.25) is 5.02 Å². The Morgan fingerprint density at radius 1 is 1.33 bits per heavy atom. The van der Waals surface area contributed by atoms with Crippen LogP contribution in [0.4, 0.5) is 0 Å². The minimum absolute atomic E-state index is 0.345. The summed E-state index contributed by atoms with van der Waals surface area (Å²) in [5, 5.41) is 11.1. The van der Waals surface area contributed by atoms with Gasteiger partial charge in [0, 0.05) is 4.47 Å². The van der Waals surface area contributed by atoms with Crippen molar-refractivity contribution in [2.24, 2.45) is 17.8 Å². The predicted octanol–water partition coefficient (Wildman–Crippen LogP) is 4.96. The molecule has 0 aromatic heterocycles. The number of halogens is 2. The van der Waals surface area contributed by atoms with Gasteiger partial charge < -0.3 is 5.11 Å². The monoisotopic (exact) mass is 328 g/mol. The Morgan fingerprint density at radius 3 is 2.78 bits per heavy atom. The van der Waals surface area contributed by atoms with Gasteiger partial charge in [-0.3, -0.25) is 0 Å². The lowest BCUT2D eigenvalue weighted by molar-refractivity contribution is 0.125. The second-order valence-corrected chi connectivity index (χ2v) is 7.12. The topological polar surface area (TPSA) is 20.2 Å². The van der Waals surface area contributed by atoms with Gasteiger partial charge in [-0.1, -0.05) is 24.1 Å². The Bertz CT molecular complexity index is 448. The van der Waals surface area contributed by atoms with Gasteiger partial charge in [0.15, 0.2) is 0 Å². The Balaban J connectivity index is 1.67. The summed E-state index contributed by atoms with van der Waals surface area (Å²) in [4.78, 5) is 0. The molecule has 2 aliphatic rings. The van der Waals surface area contributed by atoms with Gasteiger partial charge in [-0.15, -0.1) is 0 Å². The minimum Gasteiger partial charge on any atom is -0.388 e. The van der Waals surface area contributed by atoms with Crippen molar-refractivity contribution in [3.05, 3.63) is 33.3 Å². The zero-order valence-electron chi connectivity index (χ0n) is 10.3. The summed E-state index contributed by atoms with van der Waals surface area (Å²) < 4.78 is 0.869. The van der Waals surface area contributed by atoms with Gasteiger partial charge in [0.1, 0.15) is 0 Å². The molecule has 1 aromatic carbocycles. The molecule has 4 atom stereocenters. The zero-order valence-corrected chi connectivity index (χ0v) is 12.6. The molecule has 0 amide bonds. The summed E-state index contributed by atoms with van der Waals surface area (Å²) in [5.74, 6) is 2.55. The molecule has 0 heterocycles. The van der Waals surface area contributed by atoms with Crippen LogP contribution in [-0.4, -0.2) is 5.11 Å². The van der Waals surface area contributed by atoms with Crippen LogP contribution in [0.1, 0.15) is 43.8 Å². The van der Waals surface area contributed by atoms with E-state index in [0.29, 0.717) is 5.02 Å². The van der Waals surface area contributed by atoms with E-state index in [4.69, 9.17) is 11.6 Å². The molecule has 18 heavy (non-hydrogen) atoms. The maximum atomic E-state index is 10.4. The van der Waals surface area contributed by atoms with Crippen molar-refractivity contribution >= 4 is 27.5 Å². The second-order valence-electron chi connectivity index (χ2n) is 5.86. The van der Waals surface area contributed by atoms with E-state index < -0.39 is 0 Å². The van der Waals surface area contributed by atoms with Crippen LogP contribution in [0, 0.1) is 17.8 Å². The van der Waals surface area contributed by atoms with Crippen molar-refractivity contribution in [2.75, 3.05) is 0 Å². The van der Waals surface area contributed by atoms with Gasteiger partial charge >= 0.3 is 0 Å². The Labute approximate surface area is 122 Å². The summed E-state index contributed by atoms with van der Waals surface area (Å²) in [6.45, 7) is 0. The average Bonchev–Trinajstić information content (AvgIpc) is 2.94. The number of hydrogen-bond donors (Lipinski definition) is 1. The standard InChI is InChI=1S/C15H18BrClO/c16-13-7-11(3-4-14(13)17)15(18)8-12-6-9-1-2-10(12)5-9/h3-4,7,9-10,12,15,18H,1-2,5-6,8H2. The third kappa shape index (κ3) is 2.48. The van der Waals surface area contributed by atoms with E-state index in [1.54, 1.807) is 0 Å². The number of fused-ring (bicyclic) bond motifs is 2. The van der Waals surface area contributed by atoms with Gasteiger partial charge in [0.2, 0.25) is 0 Å². The lowest BCUT2D eigenvalue weighted by Gasteiger charge is -2.24. The Morgan fingerprint density at radius 2 is 2.17 bits per heavy atom. The Kier molecular flexibility index (Phi) is 3.70. The van der Waals surface area contributed by atoms with E-state index in [1.165, 1.54) is 25.7 Å². The molecule has 4 unspecified atom stereocenters. The molecule has 0 spiro atoms. The third-order valence-electron chi connectivity index (χ3n) is 4.74. The molecular weight excluding hydrogens is 312 g/mol. The maximum absolute atomic E-state index is 10.4. The molecule has 1 N–H and O–H groups in total. The highest BCUT2D eigenvalue weighted by atomic mass is 79.9. The van der Waals surface area contributed by atoms with E-state index in [2.05, 4.69) is 15.9 Å². The van der Waals surface area contributed by atoms with Crippen molar-refractivity contribution in [1.82, 2.24) is 0 Å². The normalized spacial score (nSPS) is 31.8. The number of benzene rings is 1. The number of hydrogen-bond acceptors (Lipinski definition) is 1. The predicted molar refractivity (Wildman–Crippen MR) is 77.7 cm³/mol. The quantitative estimate of drug-likeness (QED) is 0.830. The zero-order chi connectivity index (χ0) is 12.7. The van der Waals surface area contributed by atoms with Crippen LogP contribution in [0.25, 0.3) is 0 Å². The highest BCUT2D eigenvalue weighted by molar-refractivity contribution is 9.10. The van der Waals surface area contributed by atoms with E-state index >= 15 is 0 Å². The van der Waals surface area contributed by atoms with Gasteiger partial charge in [0.25, 0.3) is 0 Å². The molecule has 2 aliphatic carbocycles. The van der Waals surface area contributed by atoms with E-state index in [0.717, 1.165) is 34.2 Å². The van der Waals surface area contributed by atoms with Crippen LogP contribution in [0.5, 0.6) is 0 Å². The fourth-order valence-electron chi connectivity index (χ4n) is 3.81. The van der Waals surface area contributed by atoms with Crippen LogP contribution in [0.15, 0.2) is 22.7 Å². The van der Waals surface area contributed by atoms with Crippen molar-refractivity contribution < 1.29 is 5.11 Å². The first kappa shape index (κ1) is 13.0. The smallest absolute Gasteiger partial charge is 0.0793 e. The minimum atomic E-state index is -0.345. The van der Waals surface area contributed by atoms with E-state index in [9.17, 15) is 5.11 Å². The summed E-state index contributed by atoms with van der Waals surface area (Å²) in [6, 6.07) is 5.73. The Hall–Kier alpha value is -0.0500. The first-order valence-electron chi connectivity index (χ1n) is 6.76. The van der Waals surface area contributed by atoms with Gasteiger partial charge in [-0.25, -0.2) is 0 Å². The molecule has 0 aliphatic heterocycles. The first-order valence-corrected chi connectivity index (χ1v) is 7.93. The first-order chi connectivity index (χ1) is 8.63. The fraction of sp³-hybridized carbons (Fsp3) is 0.600. The SMILES string of the molecule is OC(CC1CC2CCC1C2)c1ccc(Cl)c(Br)c1. The van der Waals surface area contributed by atoms with Crippen molar-refractivity contribution in [3.63, 3.8) is 0 Å². The molecule has 2 saturated carbocycles. The largest absolute Gasteiger partial charge is 0.388 e. The molecule has 3 heteroatoms. The molecule has 0 saturated heterocycles. The number of aliphatic hydroxyl groups is 1. The number of rotatable bonds is 3.